The van der Waals surface area contributed by atoms with Crippen LogP contribution in [0.4, 0.5) is 0 Å². The summed E-state index contributed by atoms with van der Waals surface area (Å²) < 4.78 is 21.0. The second-order valence-electron chi connectivity index (χ2n) is 3.06. The van der Waals surface area contributed by atoms with Gasteiger partial charge in [0.05, 0.1) is 18.3 Å². The summed E-state index contributed by atoms with van der Waals surface area (Å²) in [5, 5.41) is 17.9. The minimum Gasteiger partial charge on any atom is -0.393 e. The topological polar surface area (TPSA) is 79.5 Å². The van der Waals surface area contributed by atoms with Crippen LogP contribution in [0.1, 0.15) is 12.8 Å². The highest BCUT2D eigenvalue weighted by atomic mass is 31.2. The Morgan fingerprint density at radius 3 is 2.53 bits per heavy atom. The van der Waals surface area contributed by atoms with Gasteiger partial charge in [-0.2, -0.15) is 5.26 Å². The molecule has 6 heteroatoms. The maximum absolute atomic E-state index is 11.6. The third-order valence-corrected chi connectivity index (χ3v) is 3.85. The Bertz CT molecular complexity index is 289. The maximum Gasteiger partial charge on any atom is 0.330 e. The highest BCUT2D eigenvalue weighted by Gasteiger charge is 2.22. The lowest BCUT2D eigenvalue weighted by molar-refractivity contribution is 0.168. The standard InChI is InChI=1S/C9H16NO4P/c1-8(7-10)6-9(11)4-5-15(12,13-2)14-3/h9,11H,1,4-6H2,2-3H3. The smallest absolute Gasteiger partial charge is 0.330 e. The van der Waals surface area contributed by atoms with Crippen LogP contribution in [0.3, 0.4) is 0 Å². The van der Waals surface area contributed by atoms with Crippen molar-refractivity contribution in [1.29, 1.82) is 5.26 Å². The molecular formula is C9H16NO4P. The first kappa shape index (κ1) is 14.3. The van der Waals surface area contributed by atoms with Crippen molar-refractivity contribution in [1.82, 2.24) is 0 Å². The predicted octanol–water partition coefficient (Wildman–Crippen LogP) is 1.69. The zero-order chi connectivity index (χ0) is 11.9. The third-order valence-electron chi connectivity index (χ3n) is 1.93. The minimum absolute atomic E-state index is 0.125. The monoisotopic (exact) mass is 233 g/mol. The highest BCUT2D eigenvalue weighted by Crippen LogP contribution is 2.47. The molecule has 0 aromatic rings. The zero-order valence-electron chi connectivity index (χ0n) is 8.97. The van der Waals surface area contributed by atoms with Gasteiger partial charge in [-0.05, 0) is 6.42 Å². The van der Waals surface area contributed by atoms with Crippen molar-refractivity contribution in [2.24, 2.45) is 0 Å². The van der Waals surface area contributed by atoms with E-state index in [1.54, 1.807) is 0 Å². The highest BCUT2D eigenvalue weighted by molar-refractivity contribution is 7.53. The SMILES string of the molecule is C=C(C#N)CC(O)CCP(=O)(OC)OC. The number of nitrogens with zero attached hydrogens (tertiary/aromatic N) is 1. The van der Waals surface area contributed by atoms with Gasteiger partial charge in [-0.3, -0.25) is 4.57 Å². The first-order chi connectivity index (χ1) is 6.97. The van der Waals surface area contributed by atoms with Crippen molar-refractivity contribution in [3.8, 4) is 6.07 Å². The Morgan fingerprint density at radius 2 is 2.13 bits per heavy atom. The van der Waals surface area contributed by atoms with Gasteiger partial charge < -0.3 is 14.2 Å². The Kier molecular flexibility index (Phi) is 6.46. The number of aliphatic hydroxyl groups excluding tert-OH is 1. The number of nitriles is 1. The molecule has 5 nitrogen and oxygen atoms in total. The van der Waals surface area contributed by atoms with Crippen molar-refractivity contribution >= 4 is 7.60 Å². The number of aliphatic hydroxyl groups is 1. The van der Waals surface area contributed by atoms with E-state index in [1.165, 1.54) is 14.2 Å². The van der Waals surface area contributed by atoms with Crippen LogP contribution < -0.4 is 0 Å². The predicted molar refractivity (Wildman–Crippen MR) is 56.5 cm³/mol. The molecular weight excluding hydrogens is 217 g/mol. The maximum atomic E-state index is 11.6. The first-order valence-corrected chi connectivity index (χ1v) is 6.16. The fourth-order valence-corrected chi connectivity index (χ4v) is 2.12. The number of rotatable bonds is 7. The molecule has 86 valence electrons. The summed E-state index contributed by atoms with van der Waals surface area (Å²) in [6.45, 7) is 3.45. The van der Waals surface area contributed by atoms with E-state index in [0.29, 0.717) is 5.57 Å². The molecule has 0 aromatic carbocycles. The summed E-state index contributed by atoms with van der Waals surface area (Å²) in [7, 11) is -0.466. The van der Waals surface area contributed by atoms with Gasteiger partial charge in [-0.1, -0.05) is 6.58 Å². The molecule has 0 rings (SSSR count). The molecule has 0 radical (unpaired) electrons. The Morgan fingerprint density at radius 1 is 1.60 bits per heavy atom. The van der Waals surface area contributed by atoms with Crippen LogP contribution >= 0.6 is 7.60 Å². The Balaban J connectivity index is 4.01. The van der Waals surface area contributed by atoms with E-state index in [2.05, 4.69) is 6.58 Å². The van der Waals surface area contributed by atoms with Crippen LogP contribution in [0.25, 0.3) is 0 Å². The van der Waals surface area contributed by atoms with E-state index in [4.69, 9.17) is 14.3 Å². The molecule has 1 N–H and O–H groups in total. The van der Waals surface area contributed by atoms with Gasteiger partial charge in [-0.25, -0.2) is 0 Å². The fourth-order valence-electron chi connectivity index (χ4n) is 0.996. The van der Waals surface area contributed by atoms with Gasteiger partial charge in [0, 0.05) is 26.2 Å². The lowest BCUT2D eigenvalue weighted by Gasteiger charge is -2.15. The second-order valence-corrected chi connectivity index (χ2v) is 5.46. The molecule has 0 aliphatic rings. The summed E-state index contributed by atoms with van der Waals surface area (Å²) in [5.41, 5.74) is 0.298. The molecule has 0 aromatic heterocycles. The summed E-state index contributed by atoms with van der Waals surface area (Å²) in [5.74, 6) is 0. The molecule has 1 atom stereocenters. The van der Waals surface area contributed by atoms with Crippen LogP contribution in [0.5, 0.6) is 0 Å². The molecule has 0 aliphatic carbocycles. The third kappa shape index (κ3) is 5.71. The molecule has 0 aliphatic heterocycles. The second kappa shape index (κ2) is 6.76. The molecule has 1 unspecified atom stereocenters. The quantitative estimate of drug-likeness (QED) is 0.534. The van der Waals surface area contributed by atoms with Crippen LogP contribution in [0, 0.1) is 11.3 Å². The molecule has 0 heterocycles. The number of hydrogen-bond acceptors (Lipinski definition) is 5. The molecule has 0 amide bonds. The average Bonchev–Trinajstić information content (AvgIpc) is 2.25. The van der Waals surface area contributed by atoms with Crippen molar-refractivity contribution in [2.45, 2.75) is 18.9 Å². The first-order valence-electron chi connectivity index (χ1n) is 4.44. The van der Waals surface area contributed by atoms with E-state index >= 15 is 0 Å². The van der Waals surface area contributed by atoms with E-state index < -0.39 is 13.7 Å². The van der Waals surface area contributed by atoms with E-state index in [0.717, 1.165) is 0 Å². The molecule has 0 saturated heterocycles. The summed E-state index contributed by atoms with van der Waals surface area (Å²) in [6.07, 6.45) is -0.181. The Labute approximate surface area is 89.8 Å². The Hall–Kier alpha value is -0.660. The lowest BCUT2D eigenvalue weighted by Crippen LogP contribution is -2.10. The largest absolute Gasteiger partial charge is 0.393 e. The fraction of sp³-hybridized carbons (Fsp3) is 0.667. The normalized spacial score (nSPS) is 13.2. The molecule has 0 saturated carbocycles. The summed E-state index contributed by atoms with van der Waals surface area (Å²) in [6, 6.07) is 1.83. The van der Waals surface area contributed by atoms with E-state index in [1.807, 2.05) is 6.07 Å². The van der Waals surface area contributed by atoms with Gasteiger partial charge in [0.15, 0.2) is 0 Å². The molecule has 0 spiro atoms. The van der Waals surface area contributed by atoms with Gasteiger partial charge >= 0.3 is 7.60 Å². The molecule has 0 bridgehead atoms. The zero-order valence-corrected chi connectivity index (χ0v) is 9.87. The van der Waals surface area contributed by atoms with E-state index in [-0.39, 0.29) is 19.0 Å². The van der Waals surface area contributed by atoms with Crippen molar-refractivity contribution in [3.05, 3.63) is 12.2 Å². The van der Waals surface area contributed by atoms with Crippen molar-refractivity contribution in [3.63, 3.8) is 0 Å². The van der Waals surface area contributed by atoms with Gasteiger partial charge in [-0.15, -0.1) is 0 Å². The van der Waals surface area contributed by atoms with Crippen LogP contribution in [-0.2, 0) is 13.6 Å². The van der Waals surface area contributed by atoms with Crippen LogP contribution in [-0.4, -0.2) is 31.6 Å². The van der Waals surface area contributed by atoms with Gasteiger partial charge in [0.2, 0.25) is 0 Å². The van der Waals surface area contributed by atoms with Crippen LogP contribution in [0.2, 0.25) is 0 Å². The van der Waals surface area contributed by atoms with Gasteiger partial charge in [0.25, 0.3) is 0 Å². The minimum atomic E-state index is -3.06. The van der Waals surface area contributed by atoms with Crippen molar-refractivity contribution in [2.75, 3.05) is 20.4 Å². The van der Waals surface area contributed by atoms with Crippen molar-refractivity contribution < 1.29 is 18.7 Å². The molecule has 0 fully saturated rings. The summed E-state index contributed by atoms with van der Waals surface area (Å²) in [4.78, 5) is 0. The van der Waals surface area contributed by atoms with Gasteiger partial charge in [0.1, 0.15) is 0 Å². The summed E-state index contributed by atoms with van der Waals surface area (Å²) >= 11 is 0. The van der Waals surface area contributed by atoms with Crippen LogP contribution in [0.15, 0.2) is 12.2 Å². The average molecular weight is 233 g/mol. The van der Waals surface area contributed by atoms with E-state index in [9.17, 15) is 9.67 Å². The molecule has 15 heavy (non-hydrogen) atoms. The number of hydrogen-bond donors (Lipinski definition) is 1. The lowest BCUT2D eigenvalue weighted by atomic mass is 10.1.